The van der Waals surface area contributed by atoms with Gasteiger partial charge in [0.2, 0.25) is 0 Å². The van der Waals surface area contributed by atoms with E-state index in [9.17, 15) is 18.0 Å². The van der Waals surface area contributed by atoms with E-state index in [2.05, 4.69) is 32.7 Å². The van der Waals surface area contributed by atoms with Crippen molar-refractivity contribution in [3.63, 3.8) is 0 Å². The maximum absolute atomic E-state index is 13.0. The Hall–Kier alpha value is -2.17. The van der Waals surface area contributed by atoms with E-state index in [0.717, 1.165) is 41.6 Å². The zero-order chi connectivity index (χ0) is 22.4. The van der Waals surface area contributed by atoms with Crippen molar-refractivity contribution in [3.05, 3.63) is 47.9 Å². The Kier molecular flexibility index (Phi) is 5.38. The van der Waals surface area contributed by atoms with Gasteiger partial charge in [0.15, 0.2) is 0 Å². The summed E-state index contributed by atoms with van der Waals surface area (Å²) in [4.78, 5) is 15.2. The molecular weight excluding hydrogens is 508 g/mol. The van der Waals surface area contributed by atoms with Crippen LogP contribution in [0.4, 0.5) is 13.2 Å². The van der Waals surface area contributed by atoms with E-state index >= 15 is 0 Å². The number of benzene rings is 1. The molecule has 0 bridgehead atoms. The molecule has 1 aliphatic carbocycles. The fourth-order valence-corrected chi connectivity index (χ4v) is 4.67. The van der Waals surface area contributed by atoms with Crippen LogP contribution in [0.15, 0.2) is 36.5 Å². The van der Waals surface area contributed by atoms with Gasteiger partial charge in [-0.05, 0) is 61.4 Å². The van der Waals surface area contributed by atoms with Crippen molar-refractivity contribution in [3.8, 4) is 11.1 Å². The minimum absolute atomic E-state index is 0.221. The van der Waals surface area contributed by atoms with Crippen molar-refractivity contribution >= 4 is 39.4 Å². The van der Waals surface area contributed by atoms with Gasteiger partial charge in [-0.25, -0.2) is 4.98 Å². The lowest BCUT2D eigenvalue weighted by molar-refractivity contribution is -0.141. The Morgan fingerprint density at radius 2 is 1.97 bits per heavy atom. The van der Waals surface area contributed by atoms with Crippen molar-refractivity contribution in [2.45, 2.75) is 37.9 Å². The van der Waals surface area contributed by atoms with Gasteiger partial charge in [-0.3, -0.25) is 9.48 Å². The van der Waals surface area contributed by atoms with Gasteiger partial charge >= 0.3 is 6.18 Å². The van der Waals surface area contributed by atoms with E-state index < -0.39 is 29.5 Å². The number of fused-ring (bicyclic) bond motifs is 1. The maximum Gasteiger partial charge on any atom is 0.433 e. The lowest BCUT2D eigenvalue weighted by atomic mass is 9.87. The van der Waals surface area contributed by atoms with Crippen LogP contribution in [0.5, 0.6) is 0 Å². The third-order valence-corrected chi connectivity index (χ3v) is 6.70. The number of halogens is 4. The summed E-state index contributed by atoms with van der Waals surface area (Å²) < 4.78 is 50.6. The van der Waals surface area contributed by atoms with Crippen LogP contribution in [0.2, 0.25) is 0 Å². The number of amides is 1. The van der Waals surface area contributed by atoms with Crippen molar-refractivity contribution in [1.29, 1.82) is 0 Å². The number of nitrogens with two attached hydrogens (primary N) is 1. The number of hydrogen-bond acceptors (Lipinski definition) is 3. The van der Waals surface area contributed by atoms with Gasteiger partial charge in [-0.2, -0.15) is 18.3 Å². The van der Waals surface area contributed by atoms with Gasteiger partial charge in [0, 0.05) is 21.6 Å². The fraction of sp³-hybridized carbons (Fsp3) is 0.381. The number of rotatable bonds is 4. The number of primary amides is 1. The molecule has 0 atom stereocenters. The quantitative estimate of drug-likeness (QED) is 0.364. The highest BCUT2D eigenvalue weighted by Gasteiger charge is 2.33. The predicted molar refractivity (Wildman–Crippen MR) is 116 cm³/mol. The van der Waals surface area contributed by atoms with Crippen LogP contribution in [0, 0.1) is 5.92 Å². The molecule has 5 nitrogen and oxygen atoms in total. The second-order valence-electron chi connectivity index (χ2n) is 7.47. The third kappa shape index (κ3) is 4.17. The van der Waals surface area contributed by atoms with E-state index in [4.69, 9.17) is 7.10 Å². The number of carbonyl (C=O) groups is 1. The first-order chi connectivity index (χ1) is 14.6. The van der Waals surface area contributed by atoms with Gasteiger partial charge in [0.1, 0.15) is 11.4 Å². The number of aromatic nitrogens is 3. The molecule has 30 heavy (non-hydrogen) atoms. The zero-order valence-electron chi connectivity index (χ0n) is 16.9. The molecule has 2 aromatic heterocycles. The Morgan fingerprint density at radius 1 is 1.23 bits per heavy atom. The first-order valence-electron chi connectivity index (χ1n) is 10.0. The predicted octanol–water partition coefficient (Wildman–Crippen LogP) is 5.38. The minimum atomic E-state index is -4.67. The Labute approximate surface area is 186 Å². The molecule has 3 aromatic rings. The lowest BCUT2D eigenvalue weighted by Gasteiger charge is -2.27. The Bertz CT molecular complexity index is 1140. The number of hydrogen-bond donors (Lipinski definition) is 1. The van der Waals surface area contributed by atoms with E-state index in [1.807, 2.05) is 0 Å². The Morgan fingerprint density at radius 3 is 2.60 bits per heavy atom. The van der Waals surface area contributed by atoms with Crippen molar-refractivity contribution in [1.82, 2.24) is 14.8 Å². The van der Waals surface area contributed by atoms with Crippen LogP contribution in [0.1, 0.15) is 49.3 Å². The van der Waals surface area contributed by atoms with Crippen LogP contribution >= 0.6 is 22.6 Å². The van der Waals surface area contributed by atoms with Gasteiger partial charge in [-0.15, -0.1) is 0 Å². The number of alkyl halides is 4. The number of carbonyl (C=O) groups excluding carboxylic acids is 1. The summed E-state index contributed by atoms with van der Waals surface area (Å²) in [7, 11) is 0. The summed E-state index contributed by atoms with van der Waals surface area (Å²) in [6.45, 7) is 0. The van der Waals surface area contributed by atoms with E-state index in [0.29, 0.717) is 17.0 Å². The molecule has 1 aromatic carbocycles. The zero-order valence-corrected chi connectivity index (χ0v) is 18.1. The van der Waals surface area contributed by atoms with Gasteiger partial charge in [0.25, 0.3) is 5.91 Å². The SMILES string of the molecule is [2H]C1(n2cc3cc(-c4ccc(C(F)(F)F)nc4C(N)=O)ccc3n2)CCC(CI)CC1. The smallest absolute Gasteiger partial charge is 0.364 e. The van der Waals surface area contributed by atoms with E-state index in [-0.39, 0.29) is 5.56 Å². The molecule has 0 saturated heterocycles. The second kappa shape index (κ2) is 8.16. The largest absolute Gasteiger partial charge is 0.433 e. The molecule has 2 N–H and O–H groups in total. The molecule has 1 aliphatic rings. The second-order valence-corrected chi connectivity index (χ2v) is 8.35. The summed E-state index contributed by atoms with van der Waals surface area (Å²) in [5.41, 5.74) is 5.11. The topological polar surface area (TPSA) is 73.8 Å². The summed E-state index contributed by atoms with van der Waals surface area (Å²) >= 11 is 2.38. The van der Waals surface area contributed by atoms with Crippen molar-refractivity contribution in [2.24, 2.45) is 11.7 Å². The minimum Gasteiger partial charge on any atom is -0.364 e. The fourth-order valence-electron chi connectivity index (χ4n) is 3.79. The third-order valence-electron chi connectivity index (χ3n) is 5.46. The number of pyridine rings is 1. The average Bonchev–Trinajstić information content (AvgIpc) is 3.17. The molecule has 0 spiro atoms. The molecule has 4 rings (SSSR count). The van der Waals surface area contributed by atoms with Crippen LogP contribution in [0.3, 0.4) is 0 Å². The molecule has 1 fully saturated rings. The summed E-state index contributed by atoms with van der Waals surface area (Å²) in [5.74, 6) is -0.399. The van der Waals surface area contributed by atoms with Crippen LogP contribution in [0.25, 0.3) is 22.0 Å². The van der Waals surface area contributed by atoms with Crippen molar-refractivity contribution in [2.75, 3.05) is 4.43 Å². The van der Waals surface area contributed by atoms with E-state index in [1.54, 1.807) is 29.1 Å². The van der Waals surface area contributed by atoms with Gasteiger partial charge in [-0.1, -0.05) is 28.7 Å². The van der Waals surface area contributed by atoms with Crippen LogP contribution in [-0.2, 0) is 6.18 Å². The van der Waals surface area contributed by atoms with E-state index in [1.165, 1.54) is 6.07 Å². The standard InChI is InChI=1S/C21H20F3IN4O/c22-21(23,24)18-8-6-16(19(27-18)20(26)30)13-3-7-17-14(9-13)11-29(28-17)15-4-1-12(10-25)2-5-15/h3,6-9,11-12,15H,1-2,4-5,10H2,(H2,26,30)/i15D. The number of nitrogens with zero attached hydrogens (tertiary/aromatic N) is 3. The maximum atomic E-state index is 13.0. The van der Waals surface area contributed by atoms with Crippen LogP contribution in [-0.4, -0.2) is 25.1 Å². The molecule has 1 amide bonds. The molecule has 158 valence electrons. The highest BCUT2D eigenvalue weighted by atomic mass is 127. The first kappa shape index (κ1) is 19.8. The highest BCUT2D eigenvalue weighted by Crippen LogP contribution is 2.35. The van der Waals surface area contributed by atoms with Crippen molar-refractivity contribution < 1.29 is 19.3 Å². The highest BCUT2D eigenvalue weighted by molar-refractivity contribution is 14.1. The summed E-state index contributed by atoms with van der Waals surface area (Å²) in [6.07, 6.45) is 0.511. The first-order valence-corrected chi connectivity index (χ1v) is 11.1. The molecule has 0 unspecified atom stereocenters. The van der Waals surface area contributed by atoms with Crippen LogP contribution < -0.4 is 5.73 Å². The molecule has 2 heterocycles. The molecule has 0 radical (unpaired) electrons. The van der Waals surface area contributed by atoms with Gasteiger partial charge in [0.05, 0.1) is 12.9 Å². The normalized spacial score (nSPS) is 22.8. The molecule has 0 aliphatic heterocycles. The summed E-state index contributed by atoms with van der Waals surface area (Å²) in [6, 6.07) is 6.35. The molecular formula is C21H20F3IN4O. The lowest BCUT2D eigenvalue weighted by Crippen LogP contribution is -2.19. The molecule has 1 saturated carbocycles. The summed E-state index contributed by atoms with van der Waals surface area (Å²) in [5, 5.41) is 5.30. The van der Waals surface area contributed by atoms with Gasteiger partial charge < -0.3 is 5.73 Å². The molecule has 9 heteroatoms. The monoisotopic (exact) mass is 529 g/mol. The average molecular weight is 529 g/mol. The Balaban J connectivity index is 1.72.